The summed E-state index contributed by atoms with van der Waals surface area (Å²) < 4.78 is 15.9. The van der Waals surface area contributed by atoms with E-state index >= 15 is 0 Å². The van der Waals surface area contributed by atoms with E-state index in [0.717, 1.165) is 49.9 Å². The Kier molecular flexibility index (Phi) is 5.31. The van der Waals surface area contributed by atoms with Crippen molar-refractivity contribution in [2.24, 2.45) is 0 Å². The van der Waals surface area contributed by atoms with Gasteiger partial charge < -0.3 is 14.2 Å². The van der Waals surface area contributed by atoms with E-state index in [1.54, 1.807) is 14.2 Å². The van der Waals surface area contributed by atoms with Crippen LogP contribution in [0, 0.1) is 0 Å². The number of benzene rings is 1. The molecular formula is C14H20ClNO3. The molecule has 1 atom stereocenters. The molecule has 1 heterocycles. The molecule has 1 fully saturated rings. The second-order valence-corrected chi connectivity index (χ2v) is 5.02. The Balaban J connectivity index is 2.06. The maximum Gasteiger partial charge on any atom is 0.127 e. The van der Waals surface area contributed by atoms with Crippen molar-refractivity contribution in [3.8, 4) is 11.5 Å². The van der Waals surface area contributed by atoms with Gasteiger partial charge in [0.15, 0.2) is 0 Å². The van der Waals surface area contributed by atoms with Crippen LogP contribution in [0.5, 0.6) is 11.5 Å². The second-order valence-electron chi connectivity index (χ2n) is 4.49. The summed E-state index contributed by atoms with van der Waals surface area (Å²) in [4.78, 5) is 2.31. The number of rotatable bonds is 5. The molecule has 4 nitrogen and oxygen atoms in total. The highest BCUT2D eigenvalue weighted by Gasteiger charge is 2.19. The Morgan fingerprint density at radius 1 is 1.26 bits per heavy atom. The largest absolute Gasteiger partial charge is 0.497 e. The average molecular weight is 286 g/mol. The Morgan fingerprint density at radius 2 is 2.00 bits per heavy atom. The van der Waals surface area contributed by atoms with Crippen LogP contribution in [0.2, 0.25) is 0 Å². The van der Waals surface area contributed by atoms with Gasteiger partial charge in [0.1, 0.15) is 11.5 Å². The number of methoxy groups -OCH3 is 2. The molecule has 0 aliphatic carbocycles. The van der Waals surface area contributed by atoms with Crippen LogP contribution in [0.25, 0.3) is 0 Å². The molecule has 2 rings (SSSR count). The van der Waals surface area contributed by atoms with Crippen molar-refractivity contribution in [2.75, 3.05) is 47.1 Å². The Morgan fingerprint density at radius 3 is 2.63 bits per heavy atom. The van der Waals surface area contributed by atoms with E-state index in [0.29, 0.717) is 0 Å². The summed E-state index contributed by atoms with van der Waals surface area (Å²) in [5.74, 6) is 1.54. The Labute approximate surface area is 119 Å². The number of hydrogen-bond donors (Lipinski definition) is 0. The SMILES string of the molecule is COc1ccc(C(Cl)CN2CCOCC2)c(OC)c1. The average Bonchev–Trinajstić information content (AvgIpc) is 2.47. The van der Waals surface area contributed by atoms with Gasteiger partial charge in [0.05, 0.1) is 32.8 Å². The zero-order valence-electron chi connectivity index (χ0n) is 11.4. The lowest BCUT2D eigenvalue weighted by molar-refractivity contribution is 0.0378. The highest BCUT2D eigenvalue weighted by molar-refractivity contribution is 6.21. The van der Waals surface area contributed by atoms with Crippen molar-refractivity contribution in [2.45, 2.75) is 5.38 Å². The maximum absolute atomic E-state index is 6.52. The lowest BCUT2D eigenvalue weighted by Crippen LogP contribution is -2.38. The smallest absolute Gasteiger partial charge is 0.127 e. The highest BCUT2D eigenvalue weighted by atomic mass is 35.5. The molecule has 0 N–H and O–H groups in total. The number of halogens is 1. The third-order valence-electron chi connectivity index (χ3n) is 3.30. The summed E-state index contributed by atoms with van der Waals surface area (Å²) in [6.45, 7) is 4.23. The van der Waals surface area contributed by atoms with Crippen molar-refractivity contribution >= 4 is 11.6 Å². The number of nitrogens with zero attached hydrogens (tertiary/aromatic N) is 1. The lowest BCUT2D eigenvalue weighted by Gasteiger charge is -2.28. The van der Waals surface area contributed by atoms with Crippen LogP contribution in [0.3, 0.4) is 0 Å². The number of hydrogen-bond acceptors (Lipinski definition) is 4. The van der Waals surface area contributed by atoms with Gasteiger partial charge in [-0.2, -0.15) is 0 Å². The van der Waals surface area contributed by atoms with Crippen molar-refractivity contribution in [1.82, 2.24) is 4.90 Å². The fraction of sp³-hybridized carbons (Fsp3) is 0.571. The summed E-state index contributed by atoms with van der Waals surface area (Å²) in [5, 5.41) is -0.0982. The minimum absolute atomic E-state index is 0.0982. The molecule has 0 bridgehead atoms. The van der Waals surface area contributed by atoms with E-state index in [4.69, 9.17) is 25.8 Å². The Bertz CT molecular complexity index is 408. The van der Waals surface area contributed by atoms with Crippen molar-refractivity contribution in [1.29, 1.82) is 0 Å². The molecule has 19 heavy (non-hydrogen) atoms. The zero-order chi connectivity index (χ0) is 13.7. The van der Waals surface area contributed by atoms with Gasteiger partial charge in [0.2, 0.25) is 0 Å². The molecule has 0 saturated carbocycles. The van der Waals surface area contributed by atoms with Crippen molar-refractivity contribution in [3.05, 3.63) is 23.8 Å². The van der Waals surface area contributed by atoms with Crippen LogP contribution in [-0.2, 0) is 4.74 Å². The van der Waals surface area contributed by atoms with Crippen molar-refractivity contribution in [3.63, 3.8) is 0 Å². The predicted octanol–water partition coefficient (Wildman–Crippen LogP) is 2.32. The number of alkyl halides is 1. The maximum atomic E-state index is 6.52. The van der Waals surface area contributed by atoms with E-state index in [-0.39, 0.29) is 5.38 Å². The number of morpholine rings is 1. The minimum Gasteiger partial charge on any atom is -0.497 e. The lowest BCUT2D eigenvalue weighted by atomic mass is 10.1. The van der Waals surface area contributed by atoms with Gasteiger partial charge in [0.25, 0.3) is 0 Å². The predicted molar refractivity (Wildman–Crippen MR) is 75.4 cm³/mol. The second kappa shape index (κ2) is 6.98. The first-order valence-corrected chi connectivity index (χ1v) is 6.84. The van der Waals surface area contributed by atoms with Gasteiger partial charge in [-0.05, 0) is 6.07 Å². The van der Waals surface area contributed by atoms with Gasteiger partial charge in [0, 0.05) is 31.3 Å². The van der Waals surface area contributed by atoms with Crippen LogP contribution in [0.1, 0.15) is 10.9 Å². The zero-order valence-corrected chi connectivity index (χ0v) is 12.2. The van der Waals surface area contributed by atoms with E-state index in [1.807, 2.05) is 18.2 Å². The van der Waals surface area contributed by atoms with Crippen LogP contribution >= 0.6 is 11.6 Å². The molecule has 1 unspecified atom stereocenters. The topological polar surface area (TPSA) is 30.9 Å². The normalized spacial score (nSPS) is 18.1. The standard InChI is InChI=1S/C14H20ClNO3/c1-17-11-3-4-12(14(9-11)18-2)13(15)10-16-5-7-19-8-6-16/h3-4,9,13H,5-8,10H2,1-2H3. The van der Waals surface area contributed by atoms with Gasteiger partial charge in [-0.1, -0.05) is 6.07 Å². The molecule has 1 aliphatic heterocycles. The molecule has 1 aromatic rings. The monoisotopic (exact) mass is 285 g/mol. The highest BCUT2D eigenvalue weighted by Crippen LogP contribution is 2.33. The summed E-state index contributed by atoms with van der Waals surface area (Å²) in [7, 11) is 3.29. The van der Waals surface area contributed by atoms with E-state index in [2.05, 4.69) is 4.90 Å². The number of ether oxygens (including phenoxy) is 3. The van der Waals surface area contributed by atoms with Crippen LogP contribution in [0.4, 0.5) is 0 Å². The molecule has 0 radical (unpaired) electrons. The van der Waals surface area contributed by atoms with E-state index in [9.17, 15) is 0 Å². The molecule has 5 heteroatoms. The summed E-state index contributed by atoms with van der Waals surface area (Å²) in [6, 6.07) is 5.74. The van der Waals surface area contributed by atoms with Gasteiger partial charge in [-0.3, -0.25) is 4.90 Å². The van der Waals surface area contributed by atoms with Gasteiger partial charge in [-0.25, -0.2) is 0 Å². The molecule has 1 aliphatic rings. The fourth-order valence-corrected chi connectivity index (χ4v) is 2.56. The molecular weight excluding hydrogens is 266 g/mol. The van der Waals surface area contributed by atoms with Crippen LogP contribution in [-0.4, -0.2) is 52.0 Å². The molecule has 106 valence electrons. The molecule has 1 saturated heterocycles. The van der Waals surface area contributed by atoms with Crippen LogP contribution < -0.4 is 9.47 Å². The molecule has 0 aromatic heterocycles. The third-order valence-corrected chi connectivity index (χ3v) is 3.67. The van der Waals surface area contributed by atoms with Crippen LogP contribution in [0.15, 0.2) is 18.2 Å². The van der Waals surface area contributed by atoms with E-state index < -0.39 is 0 Å². The first-order chi connectivity index (χ1) is 9.24. The van der Waals surface area contributed by atoms with Gasteiger partial charge >= 0.3 is 0 Å². The molecule has 0 spiro atoms. The summed E-state index contributed by atoms with van der Waals surface area (Å²) in [6.07, 6.45) is 0. The molecule has 1 aromatic carbocycles. The first-order valence-electron chi connectivity index (χ1n) is 6.40. The first kappa shape index (κ1) is 14.4. The summed E-state index contributed by atoms with van der Waals surface area (Å²) in [5.41, 5.74) is 0.997. The minimum atomic E-state index is -0.0982. The van der Waals surface area contributed by atoms with E-state index in [1.165, 1.54) is 0 Å². The fourth-order valence-electron chi connectivity index (χ4n) is 2.19. The Hall–Kier alpha value is -0.970. The van der Waals surface area contributed by atoms with Gasteiger partial charge in [-0.15, -0.1) is 11.6 Å². The molecule has 0 amide bonds. The quantitative estimate of drug-likeness (QED) is 0.777. The third kappa shape index (κ3) is 3.75. The van der Waals surface area contributed by atoms with Crippen molar-refractivity contribution < 1.29 is 14.2 Å². The summed E-state index contributed by atoms with van der Waals surface area (Å²) >= 11 is 6.52.